The highest BCUT2D eigenvalue weighted by atomic mass is 79.9. The Morgan fingerprint density at radius 2 is 2.25 bits per heavy atom. The Morgan fingerprint density at radius 1 is 1.55 bits per heavy atom. The molecule has 1 aliphatic heterocycles. The van der Waals surface area contributed by atoms with E-state index in [2.05, 4.69) is 20.7 Å². The number of halogens is 2. The fourth-order valence-corrected chi connectivity index (χ4v) is 5.60. The summed E-state index contributed by atoms with van der Waals surface area (Å²) in [6.45, 7) is 2.39. The van der Waals surface area contributed by atoms with Gasteiger partial charge in [-0.2, -0.15) is 11.8 Å². The zero-order chi connectivity index (χ0) is 15.0. The fraction of sp³-hybridized carbons (Fsp3) is 0.500. The molecular weight excluding hydrogens is 367 g/mol. The average Bonchev–Trinajstić information content (AvgIpc) is 2.79. The second-order valence-corrected chi connectivity index (χ2v) is 9.30. The summed E-state index contributed by atoms with van der Waals surface area (Å²) in [7, 11) is -3.71. The van der Waals surface area contributed by atoms with Crippen molar-refractivity contribution in [2.45, 2.75) is 29.4 Å². The van der Waals surface area contributed by atoms with Gasteiger partial charge in [0.25, 0.3) is 0 Å². The predicted molar refractivity (Wildman–Crippen MR) is 83.8 cm³/mol. The van der Waals surface area contributed by atoms with Crippen molar-refractivity contribution in [1.29, 1.82) is 0 Å². The minimum absolute atomic E-state index is 0.0389. The van der Waals surface area contributed by atoms with Gasteiger partial charge < -0.3 is 5.73 Å². The summed E-state index contributed by atoms with van der Waals surface area (Å²) in [5.41, 5.74) is 5.25. The van der Waals surface area contributed by atoms with Crippen LogP contribution < -0.4 is 10.5 Å². The van der Waals surface area contributed by atoms with Crippen LogP contribution in [0.5, 0.6) is 0 Å². The average molecular weight is 383 g/mol. The lowest BCUT2D eigenvalue weighted by molar-refractivity contribution is 0.551. The molecule has 3 N–H and O–H groups in total. The van der Waals surface area contributed by atoms with E-state index in [1.165, 1.54) is 0 Å². The molecular formula is C12H16BrFN2O2S2. The van der Waals surface area contributed by atoms with E-state index in [9.17, 15) is 12.8 Å². The summed E-state index contributed by atoms with van der Waals surface area (Å²) < 4.78 is 40.5. The third kappa shape index (κ3) is 3.47. The molecule has 112 valence electrons. The number of nitrogens with one attached hydrogen (secondary N) is 1. The van der Waals surface area contributed by atoms with Crippen molar-refractivity contribution in [2.24, 2.45) is 0 Å². The molecule has 1 heterocycles. The van der Waals surface area contributed by atoms with Crippen LogP contribution in [0.15, 0.2) is 21.5 Å². The maximum Gasteiger partial charge on any atom is 0.241 e. The number of nitrogen functional groups attached to an aromatic ring is 1. The third-order valence-electron chi connectivity index (χ3n) is 3.28. The summed E-state index contributed by atoms with van der Waals surface area (Å²) in [5.74, 6) is 0.403. The SMILES string of the molecule is CC1(CNS(=O)(=O)c2cc(N)c(F)cc2Br)CCCS1. The van der Waals surface area contributed by atoms with Crippen LogP contribution in [0.4, 0.5) is 10.1 Å². The zero-order valence-electron chi connectivity index (χ0n) is 10.9. The standard InChI is InChI=1S/C12H16BrFN2O2S2/c1-12(3-2-4-19-12)7-16-20(17,18)11-6-10(15)9(14)5-8(11)13/h5-6,16H,2-4,7,15H2,1H3. The summed E-state index contributed by atoms with van der Waals surface area (Å²) in [6, 6.07) is 2.20. The quantitative estimate of drug-likeness (QED) is 0.785. The molecule has 1 aromatic carbocycles. The molecule has 1 aliphatic rings. The first-order valence-corrected chi connectivity index (χ1v) is 9.38. The Morgan fingerprint density at radius 3 is 2.85 bits per heavy atom. The highest BCUT2D eigenvalue weighted by Gasteiger charge is 2.31. The monoisotopic (exact) mass is 382 g/mol. The summed E-state index contributed by atoms with van der Waals surface area (Å²) in [5, 5.41) is 0. The molecule has 0 amide bonds. The predicted octanol–water partition coefficient (Wildman–Crippen LogP) is 2.73. The lowest BCUT2D eigenvalue weighted by Crippen LogP contribution is -2.36. The summed E-state index contributed by atoms with van der Waals surface area (Å²) >= 11 is 4.83. The number of nitrogens with two attached hydrogens (primary N) is 1. The second-order valence-electron chi connectivity index (χ2n) is 5.03. The van der Waals surface area contributed by atoms with Crippen LogP contribution in [0, 0.1) is 5.82 Å². The number of hydrogen-bond acceptors (Lipinski definition) is 4. The van der Waals surface area contributed by atoms with Crippen LogP contribution in [0.3, 0.4) is 0 Å². The van der Waals surface area contributed by atoms with Gasteiger partial charge >= 0.3 is 0 Å². The summed E-state index contributed by atoms with van der Waals surface area (Å²) in [4.78, 5) is -0.0389. The number of rotatable bonds is 4. The molecule has 0 radical (unpaired) electrons. The van der Waals surface area contributed by atoms with Gasteiger partial charge in [-0.05, 0) is 53.6 Å². The van der Waals surface area contributed by atoms with Crippen LogP contribution >= 0.6 is 27.7 Å². The topological polar surface area (TPSA) is 72.2 Å². The van der Waals surface area contributed by atoms with Crippen LogP contribution in [0.1, 0.15) is 19.8 Å². The minimum atomic E-state index is -3.71. The minimum Gasteiger partial charge on any atom is -0.396 e. The van der Waals surface area contributed by atoms with Crippen molar-refractivity contribution >= 4 is 43.4 Å². The van der Waals surface area contributed by atoms with Crippen molar-refractivity contribution in [3.05, 3.63) is 22.4 Å². The molecule has 1 aromatic rings. The van der Waals surface area contributed by atoms with Crippen molar-refractivity contribution in [3.63, 3.8) is 0 Å². The zero-order valence-corrected chi connectivity index (χ0v) is 14.2. The van der Waals surface area contributed by atoms with Crippen molar-refractivity contribution < 1.29 is 12.8 Å². The van der Waals surface area contributed by atoms with Gasteiger partial charge in [-0.1, -0.05) is 0 Å². The maximum atomic E-state index is 13.3. The van der Waals surface area contributed by atoms with E-state index in [4.69, 9.17) is 5.73 Å². The van der Waals surface area contributed by atoms with E-state index in [1.807, 2.05) is 6.92 Å². The van der Waals surface area contributed by atoms with E-state index < -0.39 is 15.8 Å². The van der Waals surface area contributed by atoms with Gasteiger partial charge in [0.15, 0.2) is 0 Å². The molecule has 0 saturated carbocycles. The Bertz CT molecular complexity index is 616. The smallest absolute Gasteiger partial charge is 0.241 e. The van der Waals surface area contributed by atoms with E-state index in [-0.39, 0.29) is 19.8 Å². The largest absolute Gasteiger partial charge is 0.396 e. The van der Waals surface area contributed by atoms with E-state index in [1.54, 1.807) is 11.8 Å². The van der Waals surface area contributed by atoms with Crippen molar-refractivity contribution in [2.75, 3.05) is 18.0 Å². The Labute approximate surface area is 130 Å². The van der Waals surface area contributed by atoms with E-state index >= 15 is 0 Å². The van der Waals surface area contributed by atoms with Crippen molar-refractivity contribution in [1.82, 2.24) is 4.72 Å². The van der Waals surface area contributed by atoms with Crippen LogP contribution in [-0.4, -0.2) is 25.5 Å². The van der Waals surface area contributed by atoms with Gasteiger partial charge in [-0.15, -0.1) is 0 Å². The number of hydrogen-bond donors (Lipinski definition) is 2. The molecule has 4 nitrogen and oxygen atoms in total. The highest BCUT2D eigenvalue weighted by molar-refractivity contribution is 9.10. The van der Waals surface area contributed by atoms with E-state index in [0.717, 1.165) is 30.7 Å². The number of sulfonamides is 1. The second kappa shape index (κ2) is 5.82. The molecule has 1 saturated heterocycles. The molecule has 0 spiro atoms. The number of thioether (sulfide) groups is 1. The number of anilines is 1. The third-order valence-corrected chi connectivity index (χ3v) is 7.18. The lowest BCUT2D eigenvalue weighted by atomic mass is 10.1. The Kier molecular flexibility index (Phi) is 4.68. The normalized spacial score (nSPS) is 23.1. The molecule has 0 aromatic heterocycles. The molecule has 8 heteroatoms. The van der Waals surface area contributed by atoms with Gasteiger partial charge in [-0.3, -0.25) is 0 Å². The van der Waals surface area contributed by atoms with Crippen LogP contribution in [0.25, 0.3) is 0 Å². The first-order valence-electron chi connectivity index (χ1n) is 6.12. The Balaban J connectivity index is 2.20. The molecule has 1 atom stereocenters. The van der Waals surface area contributed by atoms with Gasteiger partial charge in [-0.25, -0.2) is 17.5 Å². The first kappa shape index (κ1) is 16.1. The first-order chi connectivity index (χ1) is 9.23. The van der Waals surface area contributed by atoms with E-state index in [0.29, 0.717) is 6.54 Å². The fourth-order valence-electron chi connectivity index (χ4n) is 2.05. The van der Waals surface area contributed by atoms with Gasteiger partial charge in [0.2, 0.25) is 10.0 Å². The summed E-state index contributed by atoms with van der Waals surface area (Å²) in [6.07, 6.45) is 2.07. The molecule has 1 unspecified atom stereocenters. The Hall–Kier alpha value is -0.310. The number of benzene rings is 1. The van der Waals surface area contributed by atoms with Crippen molar-refractivity contribution in [3.8, 4) is 0 Å². The van der Waals surface area contributed by atoms with Crippen LogP contribution in [-0.2, 0) is 10.0 Å². The highest BCUT2D eigenvalue weighted by Crippen LogP contribution is 2.37. The molecule has 0 aliphatic carbocycles. The van der Waals surface area contributed by atoms with Gasteiger partial charge in [0, 0.05) is 15.8 Å². The van der Waals surface area contributed by atoms with Gasteiger partial charge in [0.1, 0.15) is 5.82 Å². The van der Waals surface area contributed by atoms with Crippen LogP contribution in [0.2, 0.25) is 0 Å². The molecule has 0 bridgehead atoms. The lowest BCUT2D eigenvalue weighted by Gasteiger charge is -2.23. The maximum absolute atomic E-state index is 13.3. The molecule has 20 heavy (non-hydrogen) atoms. The molecule has 1 fully saturated rings. The molecule has 2 rings (SSSR count). The van der Waals surface area contributed by atoms with Gasteiger partial charge in [0.05, 0.1) is 10.6 Å².